The first-order valence-electron chi connectivity index (χ1n) is 6.86. The minimum absolute atomic E-state index is 0.768. The van der Waals surface area contributed by atoms with Crippen LogP contribution in [0.3, 0.4) is 0 Å². The van der Waals surface area contributed by atoms with Gasteiger partial charge in [0, 0.05) is 31.4 Å². The van der Waals surface area contributed by atoms with Crippen molar-refractivity contribution < 1.29 is 0 Å². The van der Waals surface area contributed by atoms with Gasteiger partial charge in [-0.25, -0.2) is 0 Å². The molecule has 3 heterocycles. The SMILES string of the molecule is CCn1cc(-c2cncc(N3CCC(C)C3)c2)nn1. The smallest absolute Gasteiger partial charge is 0.114 e. The van der Waals surface area contributed by atoms with E-state index < -0.39 is 0 Å². The van der Waals surface area contributed by atoms with E-state index in [0.717, 1.165) is 36.8 Å². The summed E-state index contributed by atoms with van der Waals surface area (Å²) in [4.78, 5) is 6.74. The summed E-state index contributed by atoms with van der Waals surface area (Å²) in [6.45, 7) is 7.42. The fourth-order valence-electron chi connectivity index (χ4n) is 2.50. The van der Waals surface area contributed by atoms with Gasteiger partial charge < -0.3 is 4.90 Å². The Kier molecular flexibility index (Phi) is 3.19. The Hall–Kier alpha value is -1.91. The lowest BCUT2D eigenvalue weighted by Crippen LogP contribution is -2.19. The number of anilines is 1. The molecule has 0 radical (unpaired) electrons. The van der Waals surface area contributed by atoms with Crippen LogP contribution in [0.1, 0.15) is 20.3 Å². The number of nitrogens with zero attached hydrogens (tertiary/aromatic N) is 5. The quantitative estimate of drug-likeness (QED) is 0.845. The molecule has 100 valence electrons. The molecule has 0 aliphatic carbocycles. The summed E-state index contributed by atoms with van der Waals surface area (Å²) in [5, 5.41) is 8.27. The highest BCUT2D eigenvalue weighted by atomic mass is 15.4. The van der Waals surface area contributed by atoms with Crippen LogP contribution in [0.25, 0.3) is 11.3 Å². The van der Waals surface area contributed by atoms with Gasteiger partial charge in [-0.2, -0.15) is 0 Å². The summed E-state index contributed by atoms with van der Waals surface area (Å²) >= 11 is 0. The first-order valence-corrected chi connectivity index (χ1v) is 6.86. The molecule has 19 heavy (non-hydrogen) atoms. The van der Waals surface area contributed by atoms with Crippen LogP contribution in [0.5, 0.6) is 0 Å². The zero-order valence-electron chi connectivity index (χ0n) is 11.5. The number of aryl methyl sites for hydroxylation is 1. The number of aromatic nitrogens is 4. The van der Waals surface area contributed by atoms with Crippen molar-refractivity contribution in [2.45, 2.75) is 26.8 Å². The molecule has 1 saturated heterocycles. The molecular formula is C14H19N5. The van der Waals surface area contributed by atoms with Crippen molar-refractivity contribution in [2.75, 3.05) is 18.0 Å². The second kappa shape index (κ2) is 4.99. The van der Waals surface area contributed by atoms with Gasteiger partial charge in [0.05, 0.1) is 18.1 Å². The highest BCUT2D eigenvalue weighted by Crippen LogP contribution is 2.26. The maximum absolute atomic E-state index is 4.35. The van der Waals surface area contributed by atoms with Gasteiger partial charge in [-0.1, -0.05) is 12.1 Å². The zero-order valence-corrected chi connectivity index (χ0v) is 11.5. The third kappa shape index (κ3) is 2.45. The number of hydrogen-bond acceptors (Lipinski definition) is 4. The summed E-state index contributed by atoms with van der Waals surface area (Å²) in [5.41, 5.74) is 3.12. The van der Waals surface area contributed by atoms with Crippen molar-refractivity contribution >= 4 is 5.69 Å². The number of hydrogen-bond donors (Lipinski definition) is 0. The highest BCUT2D eigenvalue weighted by molar-refractivity contribution is 5.63. The average molecular weight is 257 g/mol. The molecule has 0 spiro atoms. The second-order valence-corrected chi connectivity index (χ2v) is 5.23. The summed E-state index contributed by atoms with van der Waals surface area (Å²) in [6.07, 6.45) is 7.02. The van der Waals surface area contributed by atoms with Gasteiger partial charge in [0.15, 0.2) is 0 Å². The van der Waals surface area contributed by atoms with Crippen LogP contribution in [0.15, 0.2) is 24.7 Å². The van der Waals surface area contributed by atoms with E-state index in [1.165, 1.54) is 12.1 Å². The maximum atomic E-state index is 4.35. The van der Waals surface area contributed by atoms with Gasteiger partial charge in [0.25, 0.3) is 0 Å². The monoisotopic (exact) mass is 257 g/mol. The van der Waals surface area contributed by atoms with Crippen molar-refractivity contribution in [3.8, 4) is 11.3 Å². The minimum Gasteiger partial charge on any atom is -0.370 e. The van der Waals surface area contributed by atoms with Gasteiger partial charge in [0.1, 0.15) is 5.69 Å². The third-order valence-corrected chi connectivity index (χ3v) is 3.67. The Labute approximate surface area is 113 Å². The first kappa shape index (κ1) is 12.1. The fraction of sp³-hybridized carbons (Fsp3) is 0.500. The van der Waals surface area contributed by atoms with Crippen molar-refractivity contribution in [3.63, 3.8) is 0 Å². The van der Waals surface area contributed by atoms with Crippen LogP contribution in [-0.2, 0) is 6.54 Å². The molecule has 5 heteroatoms. The lowest BCUT2D eigenvalue weighted by atomic mass is 10.2. The summed E-state index contributed by atoms with van der Waals surface area (Å²) in [5.74, 6) is 0.768. The van der Waals surface area contributed by atoms with Crippen molar-refractivity contribution in [3.05, 3.63) is 24.7 Å². The molecule has 0 saturated carbocycles. The van der Waals surface area contributed by atoms with E-state index in [9.17, 15) is 0 Å². The normalized spacial score (nSPS) is 19.1. The van der Waals surface area contributed by atoms with Crippen LogP contribution in [0, 0.1) is 5.92 Å². The number of rotatable bonds is 3. The van der Waals surface area contributed by atoms with Crippen LogP contribution in [0.2, 0.25) is 0 Å². The van der Waals surface area contributed by atoms with Gasteiger partial charge in [-0.15, -0.1) is 5.10 Å². The lowest BCUT2D eigenvalue weighted by Gasteiger charge is -2.18. The molecular weight excluding hydrogens is 238 g/mol. The van der Waals surface area contributed by atoms with Crippen molar-refractivity contribution in [1.29, 1.82) is 0 Å². The summed E-state index contributed by atoms with van der Waals surface area (Å²) < 4.78 is 1.83. The predicted octanol–water partition coefficient (Wildman–Crippen LogP) is 2.21. The molecule has 0 amide bonds. The topological polar surface area (TPSA) is 46.8 Å². The van der Waals surface area contributed by atoms with E-state index >= 15 is 0 Å². The Balaban J connectivity index is 1.87. The molecule has 3 rings (SSSR count). The Morgan fingerprint density at radius 1 is 1.37 bits per heavy atom. The first-order chi connectivity index (χ1) is 9.26. The van der Waals surface area contributed by atoms with Gasteiger partial charge in [-0.3, -0.25) is 9.67 Å². The zero-order chi connectivity index (χ0) is 13.2. The van der Waals surface area contributed by atoms with Gasteiger partial charge >= 0.3 is 0 Å². The van der Waals surface area contributed by atoms with E-state index in [4.69, 9.17) is 0 Å². The largest absolute Gasteiger partial charge is 0.370 e. The molecule has 2 aromatic heterocycles. The lowest BCUT2D eigenvalue weighted by molar-refractivity contribution is 0.627. The standard InChI is InChI=1S/C14H19N5/c1-3-19-10-14(16-17-19)12-6-13(8-15-7-12)18-5-4-11(2)9-18/h6-8,10-11H,3-5,9H2,1-2H3. The summed E-state index contributed by atoms with van der Waals surface area (Å²) in [7, 11) is 0. The average Bonchev–Trinajstić information content (AvgIpc) is 3.07. The Bertz CT molecular complexity index is 562. The fourth-order valence-corrected chi connectivity index (χ4v) is 2.50. The van der Waals surface area contributed by atoms with Crippen LogP contribution in [-0.4, -0.2) is 33.1 Å². The molecule has 1 unspecified atom stereocenters. The molecule has 2 aromatic rings. The van der Waals surface area contributed by atoms with Crippen molar-refractivity contribution in [2.24, 2.45) is 5.92 Å². The van der Waals surface area contributed by atoms with Gasteiger partial charge in [-0.05, 0) is 25.3 Å². The number of pyridine rings is 1. The van der Waals surface area contributed by atoms with E-state index in [2.05, 4.69) is 40.1 Å². The Morgan fingerprint density at radius 3 is 2.95 bits per heavy atom. The van der Waals surface area contributed by atoms with E-state index in [1.54, 1.807) is 0 Å². The highest BCUT2D eigenvalue weighted by Gasteiger charge is 2.19. The van der Waals surface area contributed by atoms with Crippen LogP contribution in [0.4, 0.5) is 5.69 Å². The third-order valence-electron chi connectivity index (χ3n) is 3.67. The van der Waals surface area contributed by atoms with Gasteiger partial charge in [0.2, 0.25) is 0 Å². The maximum Gasteiger partial charge on any atom is 0.114 e. The molecule has 5 nitrogen and oxygen atoms in total. The minimum atomic E-state index is 0.768. The van der Waals surface area contributed by atoms with Crippen molar-refractivity contribution in [1.82, 2.24) is 20.0 Å². The van der Waals surface area contributed by atoms with E-state index in [0.29, 0.717) is 0 Å². The molecule has 1 aliphatic rings. The predicted molar refractivity (Wildman–Crippen MR) is 74.9 cm³/mol. The molecule has 1 atom stereocenters. The summed E-state index contributed by atoms with van der Waals surface area (Å²) in [6, 6.07) is 2.16. The van der Waals surface area contributed by atoms with Crippen LogP contribution < -0.4 is 4.90 Å². The second-order valence-electron chi connectivity index (χ2n) is 5.23. The molecule has 0 bridgehead atoms. The molecule has 1 fully saturated rings. The molecule has 0 aromatic carbocycles. The molecule has 0 N–H and O–H groups in total. The van der Waals surface area contributed by atoms with E-state index in [1.807, 2.05) is 23.3 Å². The molecule has 1 aliphatic heterocycles. The Morgan fingerprint density at radius 2 is 2.26 bits per heavy atom. The van der Waals surface area contributed by atoms with E-state index in [-0.39, 0.29) is 0 Å². The van der Waals surface area contributed by atoms with Crippen LogP contribution >= 0.6 is 0 Å².